The fourth-order valence-corrected chi connectivity index (χ4v) is 9.53. The molecule has 72 heavy (non-hydrogen) atoms. The molecule has 0 aromatic heterocycles. The summed E-state index contributed by atoms with van der Waals surface area (Å²) < 4.78 is 17.0. The molecule has 0 aliphatic carbocycles. The van der Waals surface area contributed by atoms with E-state index in [0.717, 1.165) is 64.2 Å². The van der Waals surface area contributed by atoms with Gasteiger partial charge in [0.05, 0.1) is 0 Å². The number of hydrogen-bond acceptors (Lipinski definition) is 6. The Morgan fingerprint density at radius 3 is 0.806 bits per heavy atom. The predicted octanol–water partition coefficient (Wildman–Crippen LogP) is 21.6. The van der Waals surface area contributed by atoms with Gasteiger partial charge in [-0.1, -0.05) is 288 Å². The van der Waals surface area contributed by atoms with Crippen molar-refractivity contribution >= 4 is 17.9 Å². The largest absolute Gasteiger partial charge is 0.462 e. The minimum Gasteiger partial charge on any atom is -0.462 e. The number of allylic oxidation sites excluding steroid dienone is 6. The molecule has 0 aromatic rings. The van der Waals surface area contributed by atoms with Crippen LogP contribution in [0.25, 0.3) is 0 Å². The topological polar surface area (TPSA) is 78.9 Å². The third kappa shape index (κ3) is 58.5. The Kier molecular flexibility index (Phi) is 59.2. The van der Waals surface area contributed by atoms with Gasteiger partial charge in [0.15, 0.2) is 6.10 Å². The van der Waals surface area contributed by atoms with Crippen molar-refractivity contribution in [2.75, 3.05) is 13.2 Å². The summed E-state index contributed by atoms with van der Waals surface area (Å²) in [4.78, 5) is 38.3. The third-order valence-electron chi connectivity index (χ3n) is 14.4. The van der Waals surface area contributed by atoms with Crippen LogP contribution in [-0.4, -0.2) is 37.2 Å². The molecular weight excluding hydrogens is 889 g/mol. The molecule has 0 amide bonds. The number of rotatable bonds is 59. The van der Waals surface area contributed by atoms with Crippen molar-refractivity contribution in [2.45, 2.75) is 354 Å². The van der Waals surface area contributed by atoms with Crippen LogP contribution in [0.4, 0.5) is 0 Å². The van der Waals surface area contributed by atoms with Gasteiger partial charge in [0.2, 0.25) is 0 Å². The van der Waals surface area contributed by atoms with Crippen LogP contribution in [0.15, 0.2) is 36.5 Å². The van der Waals surface area contributed by atoms with Crippen molar-refractivity contribution in [3.63, 3.8) is 0 Å². The van der Waals surface area contributed by atoms with E-state index in [0.29, 0.717) is 19.3 Å². The van der Waals surface area contributed by atoms with Crippen LogP contribution in [0, 0.1) is 0 Å². The summed E-state index contributed by atoms with van der Waals surface area (Å²) in [6.07, 6.45) is 74.2. The quantitative estimate of drug-likeness (QED) is 0.0261. The SMILES string of the molecule is CCCCC/C=C\C/C=C\CCCCCCCCCCCC(=O)OC[C@@H](COC(=O)CCCCCCCCC/C=C\CCCCCCCC)OC(=O)CCCCCCCCCCCCCCCCCCCC. The van der Waals surface area contributed by atoms with Gasteiger partial charge in [0, 0.05) is 19.3 Å². The van der Waals surface area contributed by atoms with Crippen LogP contribution in [0.5, 0.6) is 0 Å². The second-order valence-corrected chi connectivity index (χ2v) is 21.7. The van der Waals surface area contributed by atoms with Gasteiger partial charge in [-0.05, 0) is 77.0 Å². The molecule has 0 aromatic carbocycles. The second-order valence-electron chi connectivity index (χ2n) is 21.7. The van der Waals surface area contributed by atoms with Gasteiger partial charge in [0.1, 0.15) is 13.2 Å². The van der Waals surface area contributed by atoms with E-state index in [2.05, 4.69) is 57.2 Å². The zero-order valence-electron chi connectivity index (χ0n) is 48.5. The number of hydrogen-bond donors (Lipinski definition) is 0. The molecule has 0 fully saturated rings. The lowest BCUT2D eigenvalue weighted by molar-refractivity contribution is -0.167. The van der Waals surface area contributed by atoms with E-state index >= 15 is 0 Å². The number of esters is 3. The van der Waals surface area contributed by atoms with Crippen molar-refractivity contribution < 1.29 is 28.6 Å². The van der Waals surface area contributed by atoms with Crippen LogP contribution in [0.2, 0.25) is 0 Å². The van der Waals surface area contributed by atoms with E-state index in [1.807, 2.05) is 0 Å². The Labute approximate surface area is 448 Å². The minimum absolute atomic E-state index is 0.0715. The Balaban J connectivity index is 4.34. The molecule has 422 valence electrons. The molecule has 0 rings (SSSR count). The van der Waals surface area contributed by atoms with Gasteiger partial charge < -0.3 is 14.2 Å². The normalized spacial score (nSPS) is 12.2. The van der Waals surface area contributed by atoms with E-state index in [9.17, 15) is 14.4 Å². The first kappa shape index (κ1) is 69.6. The molecule has 0 aliphatic rings. The minimum atomic E-state index is -0.773. The lowest BCUT2D eigenvalue weighted by Crippen LogP contribution is -2.30. The third-order valence-corrected chi connectivity index (χ3v) is 14.4. The molecule has 0 bridgehead atoms. The Hall–Kier alpha value is -2.37. The highest BCUT2D eigenvalue weighted by molar-refractivity contribution is 5.71. The molecule has 0 unspecified atom stereocenters. The van der Waals surface area contributed by atoms with Crippen molar-refractivity contribution in [3.8, 4) is 0 Å². The summed E-state index contributed by atoms with van der Waals surface area (Å²) in [5.41, 5.74) is 0. The molecule has 0 spiro atoms. The summed E-state index contributed by atoms with van der Waals surface area (Å²) in [6.45, 7) is 6.67. The van der Waals surface area contributed by atoms with Crippen molar-refractivity contribution in [3.05, 3.63) is 36.5 Å². The molecule has 1 atom stereocenters. The first-order valence-corrected chi connectivity index (χ1v) is 32.0. The first-order chi connectivity index (χ1) is 35.5. The molecule has 0 N–H and O–H groups in total. The lowest BCUT2D eigenvalue weighted by atomic mass is 10.0. The molecule has 6 nitrogen and oxygen atoms in total. The van der Waals surface area contributed by atoms with E-state index < -0.39 is 6.10 Å². The molecule has 0 heterocycles. The smallest absolute Gasteiger partial charge is 0.306 e. The zero-order chi connectivity index (χ0) is 52.2. The fraction of sp³-hybridized carbons (Fsp3) is 0.864. The van der Waals surface area contributed by atoms with Crippen LogP contribution in [0.1, 0.15) is 348 Å². The fourth-order valence-electron chi connectivity index (χ4n) is 9.53. The standard InChI is InChI=1S/C66H122O6/c1-4-7-10-13-16-19-22-25-28-31-33-36-38-41-44-47-50-53-56-59-65(68)71-62-63(61-70-64(67)58-55-52-49-46-43-40-37-34-30-27-24-21-18-15-12-9-6-3)72-66(69)60-57-54-51-48-45-42-39-35-32-29-26-23-20-17-14-11-8-5-2/h16,19,25,27-28,30,63H,4-15,17-18,20-24,26,29,31-62H2,1-3H3/b19-16-,28-25-,30-27-/t63-/m1/s1. The average molecular weight is 1010 g/mol. The Morgan fingerprint density at radius 2 is 0.500 bits per heavy atom. The number of carbonyl (C=O) groups excluding carboxylic acids is 3. The molecule has 0 radical (unpaired) electrons. The predicted molar refractivity (Wildman–Crippen MR) is 312 cm³/mol. The van der Waals surface area contributed by atoms with E-state index in [1.165, 1.54) is 244 Å². The Bertz CT molecular complexity index is 1210. The van der Waals surface area contributed by atoms with Crippen molar-refractivity contribution in [1.29, 1.82) is 0 Å². The molecule has 0 saturated carbocycles. The summed E-state index contributed by atoms with van der Waals surface area (Å²) in [6, 6.07) is 0. The van der Waals surface area contributed by atoms with Gasteiger partial charge >= 0.3 is 17.9 Å². The van der Waals surface area contributed by atoms with Gasteiger partial charge in [-0.2, -0.15) is 0 Å². The van der Waals surface area contributed by atoms with Crippen molar-refractivity contribution in [2.24, 2.45) is 0 Å². The van der Waals surface area contributed by atoms with E-state index in [4.69, 9.17) is 14.2 Å². The maximum absolute atomic E-state index is 12.9. The maximum Gasteiger partial charge on any atom is 0.306 e. The number of carbonyl (C=O) groups is 3. The van der Waals surface area contributed by atoms with Crippen LogP contribution >= 0.6 is 0 Å². The number of unbranched alkanes of at least 4 members (excludes halogenated alkanes) is 42. The highest BCUT2D eigenvalue weighted by Gasteiger charge is 2.19. The molecule has 0 aliphatic heterocycles. The number of ether oxygens (including phenoxy) is 3. The van der Waals surface area contributed by atoms with E-state index in [1.54, 1.807) is 0 Å². The van der Waals surface area contributed by atoms with Gasteiger partial charge in [-0.3, -0.25) is 14.4 Å². The molecule has 0 saturated heterocycles. The Morgan fingerprint density at radius 1 is 0.278 bits per heavy atom. The monoisotopic (exact) mass is 1010 g/mol. The lowest BCUT2D eigenvalue weighted by Gasteiger charge is -2.18. The van der Waals surface area contributed by atoms with E-state index in [-0.39, 0.29) is 31.1 Å². The van der Waals surface area contributed by atoms with Gasteiger partial charge in [-0.15, -0.1) is 0 Å². The summed E-state index contributed by atoms with van der Waals surface area (Å²) in [5.74, 6) is -0.855. The first-order valence-electron chi connectivity index (χ1n) is 32.0. The summed E-state index contributed by atoms with van der Waals surface area (Å²) >= 11 is 0. The summed E-state index contributed by atoms with van der Waals surface area (Å²) in [7, 11) is 0. The van der Waals surface area contributed by atoms with Crippen LogP contribution in [0.3, 0.4) is 0 Å². The molecular formula is C66H122O6. The van der Waals surface area contributed by atoms with Gasteiger partial charge in [-0.25, -0.2) is 0 Å². The summed E-state index contributed by atoms with van der Waals surface area (Å²) in [5, 5.41) is 0. The van der Waals surface area contributed by atoms with Gasteiger partial charge in [0.25, 0.3) is 0 Å². The average Bonchev–Trinajstić information content (AvgIpc) is 3.38. The highest BCUT2D eigenvalue weighted by atomic mass is 16.6. The van der Waals surface area contributed by atoms with Crippen LogP contribution in [-0.2, 0) is 28.6 Å². The zero-order valence-corrected chi connectivity index (χ0v) is 48.5. The van der Waals surface area contributed by atoms with Crippen LogP contribution < -0.4 is 0 Å². The van der Waals surface area contributed by atoms with Crippen molar-refractivity contribution in [1.82, 2.24) is 0 Å². The maximum atomic E-state index is 12.9. The molecule has 6 heteroatoms. The second kappa shape index (κ2) is 61.2. The highest BCUT2D eigenvalue weighted by Crippen LogP contribution is 2.17.